The Morgan fingerprint density at radius 2 is 2.12 bits per heavy atom. The van der Waals surface area contributed by atoms with Crippen molar-refractivity contribution in [1.29, 1.82) is 0 Å². The van der Waals surface area contributed by atoms with Gasteiger partial charge in [0.1, 0.15) is 0 Å². The van der Waals surface area contributed by atoms with E-state index < -0.39 is 0 Å². The SMILES string of the molecule is CC1CC(CO)C1C. The molecule has 1 rings (SSSR count). The Bertz CT molecular complexity index is 80.5. The smallest absolute Gasteiger partial charge is 0.0462 e. The second-order valence-corrected chi connectivity index (χ2v) is 3.01. The summed E-state index contributed by atoms with van der Waals surface area (Å²) in [6.07, 6.45) is 1.23. The summed E-state index contributed by atoms with van der Waals surface area (Å²) in [5, 5.41) is 8.67. The van der Waals surface area contributed by atoms with Crippen LogP contribution in [0.5, 0.6) is 0 Å². The normalized spacial score (nSPS) is 46.1. The molecule has 0 aromatic carbocycles. The summed E-state index contributed by atoms with van der Waals surface area (Å²) < 4.78 is 0. The van der Waals surface area contributed by atoms with Crippen molar-refractivity contribution < 1.29 is 5.11 Å². The lowest BCUT2D eigenvalue weighted by atomic mass is 9.67. The van der Waals surface area contributed by atoms with E-state index in [0.29, 0.717) is 12.5 Å². The zero-order chi connectivity index (χ0) is 6.15. The molecule has 1 nitrogen and oxygen atoms in total. The molecule has 1 aliphatic rings. The molecule has 0 amide bonds. The van der Waals surface area contributed by atoms with Gasteiger partial charge < -0.3 is 5.11 Å². The highest BCUT2D eigenvalue weighted by molar-refractivity contribution is 4.82. The Labute approximate surface area is 50.7 Å². The molecule has 0 saturated heterocycles. The van der Waals surface area contributed by atoms with Crippen molar-refractivity contribution in [3.63, 3.8) is 0 Å². The molecule has 1 aliphatic carbocycles. The Kier molecular flexibility index (Phi) is 1.57. The van der Waals surface area contributed by atoms with Gasteiger partial charge in [-0.05, 0) is 24.2 Å². The predicted molar refractivity (Wildman–Crippen MR) is 33.5 cm³/mol. The van der Waals surface area contributed by atoms with E-state index in [9.17, 15) is 0 Å². The summed E-state index contributed by atoms with van der Waals surface area (Å²) in [4.78, 5) is 0. The van der Waals surface area contributed by atoms with E-state index in [-0.39, 0.29) is 0 Å². The summed E-state index contributed by atoms with van der Waals surface area (Å²) in [6.45, 7) is 4.86. The number of hydrogen-bond donors (Lipinski definition) is 1. The first kappa shape index (κ1) is 6.09. The molecule has 48 valence electrons. The fourth-order valence-electron chi connectivity index (χ4n) is 1.42. The van der Waals surface area contributed by atoms with Crippen molar-refractivity contribution in [3.8, 4) is 0 Å². The first-order chi connectivity index (χ1) is 3.75. The van der Waals surface area contributed by atoms with Gasteiger partial charge in [-0.3, -0.25) is 0 Å². The Morgan fingerprint density at radius 1 is 1.50 bits per heavy atom. The van der Waals surface area contributed by atoms with Crippen LogP contribution in [-0.4, -0.2) is 11.7 Å². The van der Waals surface area contributed by atoms with Crippen LogP contribution in [0.3, 0.4) is 0 Å². The molecule has 3 atom stereocenters. The third-order valence-electron chi connectivity index (χ3n) is 2.55. The van der Waals surface area contributed by atoms with Crippen LogP contribution >= 0.6 is 0 Å². The van der Waals surface area contributed by atoms with Crippen LogP contribution in [-0.2, 0) is 0 Å². The van der Waals surface area contributed by atoms with Gasteiger partial charge in [0, 0.05) is 6.61 Å². The van der Waals surface area contributed by atoms with Crippen molar-refractivity contribution in [2.75, 3.05) is 6.61 Å². The zero-order valence-electron chi connectivity index (χ0n) is 5.59. The molecule has 0 aliphatic heterocycles. The highest BCUT2D eigenvalue weighted by atomic mass is 16.3. The lowest BCUT2D eigenvalue weighted by Crippen LogP contribution is -2.34. The fourth-order valence-corrected chi connectivity index (χ4v) is 1.42. The van der Waals surface area contributed by atoms with E-state index >= 15 is 0 Å². The molecule has 0 aromatic rings. The molecule has 1 N–H and O–H groups in total. The van der Waals surface area contributed by atoms with Gasteiger partial charge in [0.2, 0.25) is 0 Å². The largest absolute Gasteiger partial charge is 0.396 e. The number of aliphatic hydroxyl groups is 1. The van der Waals surface area contributed by atoms with Gasteiger partial charge in [0.15, 0.2) is 0 Å². The van der Waals surface area contributed by atoms with Gasteiger partial charge in [0.25, 0.3) is 0 Å². The van der Waals surface area contributed by atoms with Crippen LogP contribution in [0, 0.1) is 17.8 Å². The molecule has 1 heteroatoms. The summed E-state index contributed by atoms with van der Waals surface area (Å²) in [6, 6.07) is 0. The van der Waals surface area contributed by atoms with E-state index in [4.69, 9.17) is 5.11 Å². The maximum absolute atomic E-state index is 8.67. The highest BCUT2D eigenvalue weighted by Crippen LogP contribution is 2.38. The second-order valence-electron chi connectivity index (χ2n) is 3.01. The third kappa shape index (κ3) is 0.752. The third-order valence-corrected chi connectivity index (χ3v) is 2.55. The lowest BCUT2D eigenvalue weighted by Gasteiger charge is -2.39. The molecular formula is C7H14O. The molecule has 0 spiro atoms. The average Bonchev–Trinajstić information content (AvgIpc) is 1.81. The minimum absolute atomic E-state index is 0.394. The van der Waals surface area contributed by atoms with E-state index in [2.05, 4.69) is 13.8 Å². The van der Waals surface area contributed by atoms with Crippen LogP contribution in [0.1, 0.15) is 20.3 Å². The summed E-state index contributed by atoms with van der Waals surface area (Å²) in [7, 11) is 0. The second kappa shape index (κ2) is 2.06. The van der Waals surface area contributed by atoms with Crippen molar-refractivity contribution in [2.24, 2.45) is 17.8 Å². The van der Waals surface area contributed by atoms with Crippen molar-refractivity contribution in [3.05, 3.63) is 0 Å². The Balaban J connectivity index is 2.25. The predicted octanol–water partition coefficient (Wildman–Crippen LogP) is 1.27. The highest BCUT2D eigenvalue weighted by Gasteiger charge is 2.33. The molecule has 1 saturated carbocycles. The number of rotatable bonds is 1. The summed E-state index contributed by atoms with van der Waals surface area (Å²) in [5.41, 5.74) is 0. The monoisotopic (exact) mass is 114 g/mol. The summed E-state index contributed by atoms with van der Waals surface area (Å²) >= 11 is 0. The van der Waals surface area contributed by atoms with Crippen LogP contribution < -0.4 is 0 Å². The van der Waals surface area contributed by atoms with Gasteiger partial charge >= 0.3 is 0 Å². The molecular weight excluding hydrogens is 100 g/mol. The topological polar surface area (TPSA) is 20.2 Å². The molecule has 8 heavy (non-hydrogen) atoms. The molecule has 0 aromatic heterocycles. The molecule has 0 bridgehead atoms. The Morgan fingerprint density at radius 3 is 2.25 bits per heavy atom. The van der Waals surface area contributed by atoms with Crippen molar-refractivity contribution in [2.45, 2.75) is 20.3 Å². The van der Waals surface area contributed by atoms with Crippen molar-refractivity contribution in [1.82, 2.24) is 0 Å². The van der Waals surface area contributed by atoms with Crippen LogP contribution in [0.2, 0.25) is 0 Å². The first-order valence-electron chi connectivity index (χ1n) is 3.36. The van der Waals surface area contributed by atoms with Crippen LogP contribution in [0.4, 0.5) is 0 Å². The van der Waals surface area contributed by atoms with Gasteiger partial charge in [-0.2, -0.15) is 0 Å². The number of aliphatic hydroxyl groups excluding tert-OH is 1. The standard InChI is InChI=1S/C7H14O/c1-5-3-7(4-8)6(5)2/h5-8H,3-4H2,1-2H3. The van der Waals surface area contributed by atoms with Crippen LogP contribution in [0.25, 0.3) is 0 Å². The maximum Gasteiger partial charge on any atom is 0.0462 e. The van der Waals surface area contributed by atoms with E-state index in [1.54, 1.807) is 0 Å². The quantitative estimate of drug-likeness (QED) is 0.544. The van der Waals surface area contributed by atoms with Crippen molar-refractivity contribution >= 4 is 0 Å². The molecule has 0 heterocycles. The van der Waals surface area contributed by atoms with Crippen LogP contribution in [0.15, 0.2) is 0 Å². The fraction of sp³-hybridized carbons (Fsp3) is 1.00. The van der Waals surface area contributed by atoms with E-state index in [0.717, 1.165) is 11.8 Å². The zero-order valence-corrected chi connectivity index (χ0v) is 5.59. The van der Waals surface area contributed by atoms with Gasteiger partial charge in [-0.25, -0.2) is 0 Å². The van der Waals surface area contributed by atoms with Gasteiger partial charge in [-0.15, -0.1) is 0 Å². The lowest BCUT2D eigenvalue weighted by molar-refractivity contribution is 0.0456. The van der Waals surface area contributed by atoms with E-state index in [1.807, 2.05) is 0 Å². The average molecular weight is 114 g/mol. The van der Waals surface area contributed by atoms with Gasteiger partial charge in [-0.1, -0.05) is 13.8 Å². The maximum atomic E-state index is 8.67. The molecule has 0 radical (unpaired) electrons. The minimum Gasteiger partial charge on any atom is -0.396 e. The minimum atomic E-state index is 0.394. The molecule has 3 unspecified atom stereocenters. The Hall–Kier alpha value is -0.0400. The first-order valence-corrected chi connectivity index (χ1v) is 3.36. The van der Waals surface area contributed by atoms with E-state index in [1.165, 1.54) is 6.42 Å². The number of hydrogen-bond acceptors (Lipinski definition) is 1. The summed E-state index contributed by atoms with van der Waals surface area (Å²) in [5.74, 6) is 2.23. The van der Waals surface area contributed by atoms with Gasteiger partial charge in [0.05, 0.1) is 0 Å². The molecule has 1 fully saturated rings.